The number of hydrogen-bond acceptors (Lipinski definition) is 2. The molecule has 0 aliphatic heterocycles. The van der Waals surface area contributed by atoms with Crippen molar-refractivity contribution in [2.75, 3.05) is 17.6 Å². The molecule has 0 aromatic heterocycles. The van der Waals surface area contributed by atoms with Crippen LogP contribution in [-0.2, 0) is 0 Å². The lowest BCUT2D eigenvalue weighted by Gasteiger charge is -2.12. The molecule has 3 N–H and O–H groups in total. The van der Waals surface area contributed by atoms with Gasteiger partial charge >= 0.3 is 0 Å². The van der Waals surface area contributed by atoms with Gasteiger partial charge < -0.3 is 11.1 Å². The zero-order valence-electron chi connectivity index (χ0n) is 7.94. The summed E-state index contributed by atoms with van der Waals surface area (Å²) in [6.45, 7) is 7.15. The van der Waals surface area contributed by atoms with Crippen molar-refractivity contribution in [2.45, 2.75) is 20.8 Å². The number of aryl methyl sites for hydroxylation is 1. The van der Waals surface area contributed by atoms with Crippen molar-refractivity contribution >= 4 is 11.4 Å². The van der Waals surface area contributed by atoms with Gasteiger partial charge in [0.15, 0.2) is 0 Å². The summed E-state index contributed by atoms with van der Waals surface area (Å²) in [5.41, 5.74) is 10.2. The third-order valence-corrected chi connectivity index (χ3v) is 2.07. The van der Waals surface area contributed by atoms with Crippen LogP contribution in [0.25, 0.3) is 0 Å². The summed E-state index contributed by atoms with van der Waals surface area (Å²) in [4.78, 5) is 0. The Balaban J connectivity index is 3.14. The SMILES string of the molecule is CCNc1c(C)ccc(N)c1C. The highest BCUT2D eigenvalue weighted by molar-refractivity contribution is 5.66. The van der Waals surface area contributed by atoms with Crippen LogP contribution >= 0.6 is 0 Å². The van der Waals surface area contributed by atoms with Gasteiger partial charge in [-0.15, -0.1) is 0 Å². The molecule has 1 aromatic rings. The average Bonchev–Trinajstić information content (AvgIpc) is 2.06. The number of anilines is 2. The Labute approximate surface area is 73.8 Å². The van der Waals surface area contributed by atoms with E-state index in [2.05, 4.69) is 19.2 Å². The highest BCUT2D eigenvalue weighted by atomic mass is 14.9. The molecule has 0 saturated carbocycles. The Kier molecular flexibility index (Phi) is 2.58. The van der Waals surface area contributed by atoms with E-state index in [1.807, 2.05) is 19.1 Å². The third kappa shape index (κ3) is 1.52. The first-order chi connectivity index (χ1) is 5.66. The van der Waals surface area contributed by atoms with E-state index in [1.54, 1.807) is 0 Å². The van der Waals surface area contributed by atoms with Gasteiger partial charge in [-0.1, -0.05) is 6.07 Å². The lowest BCUT2D eigenvalue weighted by Crippen LogP contribution is -2.03. The number of benzene rings is 1. The van der Waals surface area contributed by atoms with Crippen molar-refractivity contribution in [1.82, 2.24) is 0 Å². The molecule has 2 nitrogen and oxygen atoms in total. The molecule has 0 bridgehead atoms. The van der Waals surface area contributed by atoms with E-state index in [9.17, 15) is 0 Å². The maximum absolute atomic E-state index is 5.78. The molecule has 0 atom stereocenters. The van der Waals surface area contributed by atoms with Gasteiger partial charge in [-0.3, -0.25) is 0 Å². The summed E-state index contributed by atoms with van der Waals surface area (Å²) in [6.07, 6.45) is 0. The van der Waals surface area contributed by atoms with Crippen LogP contribution in [0.3, 0.4) is 0 Å². The lowest BCUT2D eigenvalue weighted by atomic mass is 10.1. The predicted octanol–water partition coefficient (Wildman–Crippen LogP) is 2.32. The minimum atomic E-state index is 0.858. The Morgan fingerprint density at radius 3 is 2.58 bits per heavy atom. The van der Waals surface area contributed by atoms with E-state index in [1.165, 1.54) is 11.3 Å². The zero-order valence-corrected chi connectivity index (χ0v) is 7.94. The van der Waals surface area contributed by atoms with Crippen LogP contribution < -0.4 is 11.1 Å². The van der Waals surface area contributed by atoms with E-state index >= 15 is 0 Å². The van der Waals surface area contributed by atoms with Gasteiger partial charge in [0.1, 0.15) is 0 Å². The smallest absolute Gasteiger partial charge is 0.0420 e. The van der Waals surface area contributed by atoms with Crippen molar-refractivity contribution < 1.29 is 0 Å². The Hall–Kier alpha value is -1.18. The first kappa shape index (κ1) is 8.91. The standard InChI is InChI=1S/C10H16N2/c1-4-12-10-7(2)5-6-9(11)8(10)3/h5-6,12H,4,11H2,1-3H3. The maximum atomic E-state index is 5.78. The number of nitrogens with one attached hydrogen (secondary N) is 1. The number of hydrogen-bond donors (Lipinski definition) is 2. The van der Waals surface area contributed by atoms with Gasteiger partial charge in [-0.2, -0.15) is 0 Å². The summed E-state index contributed by atoms with van der Waals surface area (Å²) in [6, 6.07) is 3.99. The van der Waals surface area contributed by atoms with Crippen molar-refractivity contribution in [3.05, 3.63) is 23.3 Å². The molecule has 1 aromatic carbocycles. The van der Waals surface area contributed by atoms with Crippen molar-refractivity contribution in [1.29, 1.82) is 0 Å². The lowest BCUT2D eigenvalue weighted by molar-refractivity contribution is 1.18. The van der Waals surface area contributed by atoms with E-state index < -0.39 is 0 Å². The van der Waals surface area contributed by atoms with E-state index in [-0.39, 0.29) is 0 Å². The summed E-state index contributed by atoms with van der Waals surface area (Å²) in [5.74, 6) is 0. The van der Waals surface area contributed by atoms with E-state index in [4.69, 9.17) is 5.73 Å². The molecule has 0 saturated heterocycles. The fourth-order valence-corrected chi connectivity index (χ4v) is 1.31. The van der Waals surface area contributed by atoms with Crippen LogP contribution in [0.2, 0.25) is 0 Å². The van der Waals surface area contributed by atoms with Gasteiger partial charge in [0.2, 0.25) is 0 Å². The molecular weight excluding hydrogens is 148 g/mol. The summed E-state index contributed by atoms with van der Waals surface area (Å²) < 4.78 is 0. The molecule has 0 radical (unpaired) electrons. The highest BCUT2D eigenvalue weighted by Crippen LogP contribution is 2.24. The predicted molar refractivity (Wildman–Crippen MR) is 54.5 cm³/mol. The van der Waals surface area contributed by atoms with Crippen LogP contribution in [0.5, 0.6) is 0 Å². The summed E-state index contributed by atoms with van der Waals surface area (Å²) in [7, 11) is 0. The topological polar surface area (TPSA) is 38.0 Å². The van der Waals surface area contributed by atoms with Gasteiger partial charge in [0.05, 0.1) is 0 Å². The average molecular weight is 164 g/mol. The molecule has 0 heterocycles. The van der Waals surface area contributed by atoms with Gasteiger partial charge in [0.25, 0.3) is 0 Å². The monoisotopic (exact) mass is 164 g/mol. The van der Waals surface area contributed by atoms with E-state index in [0.717, 1.165) is 17.8 Å². The van der Waals surface area contributed by atoms with Crippen LogP contribution in [0.4, 0.5) is 11.4 Å². The van der Waals surface area contributed by atoms with Crippen molar-refractivity contribution in [3.8, 4) is 0 Å². The molecule has 0 unspecified atom stereocenters. The molecule has 0 fully saturated rings. The number of nitrogen functional groups attached to an aromatic ring is 1. The Bertz CT molecular complexity index is 279. The minimum absolute atomic E-state index is 0.858. The van der Waals surface area contributed by atoms with E-state index in [0.29, 0.717) is 0 Å². The Morgan fingerprint density at radius 2 is 2.00 bits per heavy atom. The van der Waals surface area contributed by atoms with Crippen LogP contribution in [0.15, 0.2) is 12.1 Å². The second kappa shape index (κ2) is 3.48. The van der Waals surface area contributed by atoms with Gasteiger partial charge in [-0.05, 0) is 38.0 Å². The highest BCUT2D eigenvalue weighted by Gasteiger charge is 2.02. The largest absolute Gasteiger partial charge is 0.398 e. The molecule has 0 aliphatic rings. The second-order valence-electron chi connectivity index (χ2n) is 3.00. The zero-order chi connectivity index (χ0) is 9.14. The molecular formula is C10H16N2. The fourth-order valence-electron chi connectivity index (χ4n) is 1.31. The first-order valence-corrected chi connectivity index (χ1v) is 4.26. The molecule has 0 aliphatic carbocycles. The fraction of sp³-hybridized carbons (Fsp3) is 0.400. The second-order valence-corrected chi connectivity index (χ2v) is 3.00. The van der Waals surface area contributed by atoms with Crippen molar-refractivity contribution in [2.24, 2.45) is 0 Å². The molecule has 2 heteroatoms. The molecule has 0 spiro atoms. The quantitative estimate of drug-likeness (QED) is 0.658. The molecule has 1 rings (SSSR count). The van der Waals surface area contributed by atoms with Gasteiger partial charge in [0, 0.05) is 17.9 Å². The first-order valence-electron chi connectivity index (χ1n) is 4.26. The van der Waals surface area contributed by atoms with Crippen LogP contribution in [-0.4, -0.2) is 6.54 Å². The third-order valence-electron chi connectivity index (χ3n) is 2.07. The summed E-state index contributed by atoms with van der Waals surface area (Å²) in [5, 5.41) is 3.30. The van der Waals surface area contributed by atoms with Crippen molar-refractivity contribution in [3.63, 3.8) is 0 Å². The Morgan fingerprint density at radius 1 is 1.33 bits per heavy atom. The molecule has 66 valence electrons. The number of rotatable bonds is 2. The maximum Gasteiger partial charge on any atom is 0.0420 e. The van der Waals surface area contributed by atoms with Gasteiger partial charge in [-0.25, -0.2) is 0 Å². The van der Waals surface area contributed by atoms with Crippen LogP contribution in [0.1, 0.15) is 18.1 Å². The molecule has 12 heavy (non-hydrogen) atoms. The number of nitrogens with two attached hydrogens (primary N) is 1. The van der Waals surface area contributed by atoms with Crippen LogP contribution in [0, 0.1) is 13.8 Å². The summed E-state index contributed by atoms with van der Waals surface area (Å²) >= 11 is 0. The molecule has 0 amide bonds. The minimum Gasteiger partial charge on any atom is -0.398 e. The normalized spacial score (nSPS) is 9.92.